The lowest BCUT2D eigenvalue weighted by Crippen LogP contribution is -2.62. The predicted molar refractivity (Wildman–Crippen MR) is 119 cm³/mol. The summed E-state index contributed by atoms with van der Waals surface area (Å²) in [6.07, 6.45) is 3.89. The van der Waals surface area contributed by atoms with Gasteiger partial charge in [0.25, 0.3) is 5.91 Å². The maximum Gasteiger partial charge on any atom is 0.254 e. The Morgan fingerprint density at radius 2 is 1.86 bits per heavy atom. The number of hydrogen-bond donors (Lipinski definition) is 2. The van der Waals surface area contributed by atoms with Crippen LogP contribution < -0.4 is 15.5 Å². The Morgan fingerprint density at radius 1 is 1.21 bits per heavy atom. The molecule has 2 aliphatic rings. The number of amides is 2. The highest BCUT2D eigenvalue weighted by molar-refractivity contribution is 6.04. The monoisotopic (exact) mass is 400 g/mol. The highest BCUT2D eigenvalue weighted by Crippen LogP contribution is 2.34. The van der Waals surface area contributed by atoms with Gasteiger partial charge in [-0.05, 0) is 65.2 Å². The van der Waals surface area contributed by atoms with E-state index in [0.717, 1.165) is 43.6 Å². The highest BCUT2D eigenvalue weighted by atomic mass is 16.2. The number of carbonyl (C=O) groups is 2. The van der Waals surface area contributed by atoms with Crippen LogP contribution in [0, 0.1) is 0 Å². The Hall–Kier alpha value is -2.08. The van der Waals surface area contributed by atoms with Crippen LogP contribution in [0.4, 0.5) is 11.4 Å². The van der Waals surface area contributed by atoms with Crippen LogP contribution in [0.25, 0.3) is 0 Å². The molecular formula is C23H36N4O2. The van der Waals surface area contributed by atoms with E-state index in [1.165, 1.54) is 0 Å². The number of rotatable bonds is 5. The van der Waals surface area contributed by atoms with Gasteiger partial charge in [0.05, 0.1) is 17.9 Å². The molecule has 2 heterocycles. The molecule has 0 aromatic heterocycles. The number of nitrogens with zero attached hydrogens (tertiary/aromatic N) is 2. The minimum absolute atomic E-state index is 0.0241. The Balaban J connectivity index is 1.90. The smallest absolute Gasteiger partial charge is 0.254 e. The van der Waals surface area contributed by atoms with Crippen molar-refractivity contribution in [2.75, 3.05) is 30.4 Å². The van der Waals surface area contributed by atoms with Crippen LogP contribution in [0.5, 0.6) is 0 Å². The SMILES string of the molecule is CCCCN(C(=O)c1ccc2c(c1)NC(=O)CN2C)C1CC(C)(C)NC(C)(C)C1. The molecule has 160 valence electrons. The summed E-state index contributed by atoms with van der Waals surface area (Å²) in [5.41, 5.74) is 2.26. The first kappa shape index (κ1) is 21.6. The average molecular weight is 401 g/mol. The fourth-order valence-corrected chi connectivity index (χ4v) is 5.03. The van der Waals surface area contributed by atoms with Crippen LogP contribution in [0.1, 0.15) is 70.7 Å². The van der Waals surface area contributed by atoms with Crippen LogP contribution in [-0.4, -0.2) is 54.0 Å². The first-order valence-corrected chi connectivity index (χ1v) is 10.8. The molecule has 1 fully saturated rings. The summed E-state index contributed by atoms with van der Waals surface area (Å²) < 4.78 is 0. The van der Waals surface area contributed by atoms with E-state index in [0.29, 0.717) is 12.1 Å². The molecule has 0 unspecified atom stereocenters. The highest BCUT2D eigenvalue weighted by Gasteiger charge is 2.41. The van der Waals surface area contributed by atoms with E-state index in [1.807, 2.05) is 30.1 Å². The summed E-state index contributed by atoms with van der Waals surface area (Å²) >= 11 is 0. The van der Waals surface area contributed by atoms with Gasteiger partial charge in [-0.2, -0.15) is 0 Å². The van der Waals surface area contributed by atoms with Crippen molar-refractivity contribution in [3.05, 3.63) is 23.8 Å². The van der Waals surface area contributed by atoms with E-state index in [9.17, 15) is 9.59 Å². The standard InChI is InChI=1S/C23H36N4O2/c1-7-8-11-27(17-13-22(2,3)25-23(4,5)14-17)21(29)16-9-10-19-18(12-16)24-20(28)15-26(19)6/h9-10,12,17,25H,7-8,11,13-15H2,1-6H3,(H,24,28). The van der Waals surface area contributed by atoms with Gasteiger partial charge in [0.1, 0.15) is 0 Å². The van der Waals surface area contributed by atoms with Crippen LogP contribution in [0.3, 0.4) is 0 Å². The van der Waals surface area contributed by atoms with Crippen molar-refractivity contribution in [2.45, 2.75) is 77.4 Å². The van der Waals surface area contributed by atoms with Gasteiger partial charge in [-0.3, -0.25) is 9.59 Å². The zero-order valence-electron chi connectivity index (χ0n) is 18.8. The Bertz CT molecular complexity index is 771. The summed E-state index contributed by atoms with van der Waals surface area (Å²) in [5, 5.41) is 6.62. The fraction of sp³-hybridized carbons (Fsp3) is 0.652. The summed E-state index contributed by atoms with van der Waals surface area (Å²) in [7, 11) is 1.89. The number of benzene rings is 1. The van der Waals surface area contributed by atoms with Crippen molar-refractivity contribution in [3.63, 3.8) is 0 Å². The van der Waals surface area contributed by atoms with Crippen molar-refractivity contribution >= 4 is 23.2 Å². The lowest BCUT2D eigenvalue weighted by atomic mass is 9.78. The average Bonchev–Trinajstić information content (AvgIpc) is 2.58. The van der Waals surface area contributed by atoms with Crippen LogP contribution in [-0.2, 0) is 4.79 Å². The Morgan fingerprint density at radius 3 is 2.48 bits per heavy atom. The van der Waals surface area contributed by atoms with Gasteiger partial charge in [-0.25, -0.2) is 0 Å². The molecule has 0 bridgehead atoms. The quantitative estimate of drug-likeness (QED) is 0.792. The molecule has 0 atom stereocenters. The molecule has 2 N–H and O–H groups in total. The number of fused-ring (bicyclic) bond motifs is 1. The van der Waals surface area contributed by atoms with E-state index in [2.05, 4.69) is 50.2 Å². The van der Waals surface area contributed by atoms with E-state index in [4.69, 9.17) is 0 Å². The molecule has 2 aliphatic heterocycles. The van der Waals surface area contributed by atoms with E-state index < -0.39 is 0 Å². The number of nitrogens with one attached hydrogen (secondary N) is 2. The minimum Gasteiger partial charge on any atom is -0.364 e. The summed E-state index contributed by atoms with van der Waals surface area (Å²) in [6.45, 7) is 12.1. The lowest BCUT2D eigenvalue weighted by molar-refractivity contribution is -0.115. The molecule has 0 radical (unpaired) electrons. The number of hydrogen-bond acceptors (Lipinski definition) is 4. The van der Waals surface area contributed by atoms with Gasteiger partial charge in [0.2, 0.25) is 5.91 Å². The molecule has 1 aromatic carbocycles. The van der Waals surface area contributed by atoms with Gasteiger partial charge in [0.15, 0.2) is 0 Å². The van der Waals surface area contributed by atoms with Crippen molar-refractivity contribution in [1.29, 1.82) is 0 Å². The number of anilines is 2. The normalized spacial score (nSPS) is 20.8. The molecule has 1 aromatic rings. The van der Waals surface area contributed by atoms with Crippen molar-refractivity contribution in [2.24, 2.45) is 0 Å². The molecule has 1 saturated heterocycles. The van der Waals surface area contributed by atoms with Gasteiger partial charge < -0.3 is 20.4 Å². The van der Waals surface area contributed by atoms with Gasteiger partial charge in [0, 0.05) is 36.3 Å². The third-order valence-corrected chi connectivity index (χ3v) is 5.93. The molecule has 0 saturated carbocycles. The van der Waals surface area contributed by atoms with Crippen LogP contribution in [0.15, 0.2) is 18.2 Å². The van der Waals surface area contributed by atoms with Crippen molar-refractivity contribution in [1.82, 2.24) is 10.2 Å². The lowest BCUT2D eigenvalue weighted by Gasteiger charge is -2.49. The molecule has 2 amide bonds. The second kappa shape index (κ2) is 7.98. The predicted octanol–water partition coefficient (Wildman–Crippen LogP) is 3.63. The molecule has 0 aliphatic carbocycles. The molecule has 3 rings (SSSR count). The van der Waals surface area contributed by atoms with Crippen molar-refractivity contribution < 1.29 is 9.59 Å². The largest absolute Gasteiger partial charge is 0.364 e. The summed E-state index contributed by atoms with van der Waals surface area (Å²) in [5.74, 6) is 0.0107. The van der Waals surface area contributed by atoms with Crippen LogP contribution in [0.2, 0.25) is 0 Å². The number of likely N-dealkylation sites (N-methyl/N-ethyl adjacent to an activating group) is 1. The summed E-state index contributed by atoms with van der Waals surface area (Å²) in [4.78, 5) is 29.5. The molecular weight excluding hydrogens is 364 g/mol. The van der Waals surface area contributed by atoms with E-state index in [-0.39, 0.29) is 28.9 Å². The minimum atomic E-state index is -0.0470. The van der Waals surface area contributed by atoms with Gasteiger partial charge in [-0.1, -0.05) is 13.3 Å². The zero-order chi connectivity index (χ0) is 21.4. The van der Waals surface area contributed by atoms with E-state index >= 15 is 0 Å². The maximum absolute atomic E-state index is 13.6. The van der Waals surface area contributed by atoms with Crippen LogP contribution >= 0.6 is 0 Å². The molecule has 29 heavy (non-hydrogen) atoms. The molecule has 0 spiro atoms. The third-order valence-electron chi connectivity index (χ3n) is 5.93. The summed E-state index contributed by atoms with van der Waals surface area (Å²) in [6, 6.07) is 5.86. The second-order valence-corrected chi connectivity index (χ2v) is 9.94. The number of carbonyl (C=O) groups excluding carboxylic acids is 2. The van der Waals surface area contributed by atoms with Crippen molar-refractivity contribution in [3.8, 4) is 0 Å². The maximum atomic E-state index is 13.6. The fourth-order valence-electron chi connectivity index (χ4n) is 5.03. The third kappa shape index (κ3) is 4.92. The number of piperidine rings is 1. The molecule has 6 heteroatoms. The Labute approximate surface area is 175 Å². The van der Waals surface area contributed by atoms with E-state index in [1.54, 1.807) is 0 Å². The first-order valence-electron chi connectivity index (χ1n) is 10.8. The molecule has 6 nitrogen and oxygen atoms in total. The Kier molecular flexibility index (Phi) is 5.95. The van der Waals surface area contributed by atoms with Gasteiger partial charge in [-0.15, -0.1) is 0 Å². The zero-order valence-corrected chi connectivity index (χ0v) is 18.8. The number of unbranched alkanes of at least 4 members (excludes halogenated alkanes) is 1. The van der Waals surface area contributed by atoms with Gasteiger partial charge >= 0.3 is 0 Å². The first-order chi connectivity index (χ1) is 13.5. The topological polar surface area (TPSA) is 64.7 Å². The second-order valence-electron chi connectivity index (χ2n) is 9.94.